The van der Waals surface area contributed by atoms with Gasteiger partial charge in [0.05, 0.1) is 0 Å². The molecule has 0 saturated heterocycles. The molecule has 370 valence electrons. The largest absolute Gasteiger partial charge is 0.462 e. The molecule has 0 aliphatic rings. The Kier molecular flexibility index (Phi) is 49.6. The van der Waals surface area contributed by atoms with E-state index in [1.165, 1.54) is 32.1 Å². The van der Waals surface area contributed by atoms with Crippen molar-refractivity contribution in [2.75, 3.05) is 13.2 Å². The minimum atomic E-state index is -0.840. The molecule has 0 fully saturated rings. The van der Waals surface area contributed by atoms with Gasteiger partial charge in [-0.05, 0) is 109 Å². The molecule has 0 spiro atoms. The summed E-state index contributed by atoms with van der Waals surface area (Å²) in [6.07, 6.45) is 74.4. The van der Waals surface area contributed by atoms with Gasteiger partial charge in [0.25, 0.3) is 0 Å². The van der Waals surface area contributed by atoms with E-state index >= 15 is 0 Å². The van der Waals surface area contributed by atoms with Crippen LogP contribution in [0.25, 0.3) is 0 Å². The molecular formula is C60H94O6. The minimum absolute atomic E-state index is 0.131. The average Bonchev–Trinajstić information content (AvgIpc) is 3.31. The van der Waals surface area contributed by atoms with Gasteiger partial charge in [0.15, 0.2) is 6.10 Å². The molecule has 0 rings (SSSR count). The summed E-state index contributed by atoms with van der Waals surface area (Å²) in [5.74, 6) is -1.06. The maximum absolute atomic E-state index is 12.8. The molecule has 0 aliphatic carbocycles. The maximum Gasteiger partial charge on any atom is 0.306 e. The fourth-order valence-corrected chi connectivity index (χ4v) is 6.56. The standard InChI is InChI=1S/C60H94O6/c1-4-7-10-13-16-19-22-25-28-30-31-33-35-38-41-44-47-50-53-59(62)65-56-57(55-64-58(61)52-49-46-43-40-37-34-27-24-21-18-15-12-9-6-3)66-60(63)54-51-48-45-42-39-36-32-29-26-23-20-17-14-11-8-5-2/h8-9,11-12,17-18,20-22,25-31,33-34,36,39,45,48,57H,4-7,10,13-16,19,23-24,32,35,37-38,40-44,46-47,49-56H2,1-3H3/b11-8-,12-9-,20-17-,21-18-,25-22-,29-26-,30-28-,33-31-,34-27-,39-36-,48-45-. The molecule has 0 aliphatic heterocycles. The summed E-state index contributed by atoms with van der Waals surface area (Å²) in [6, 6.07) is 0. The third-order valence-corrected chi connectivity index (χ3v) is 10.4. The zero-order valence-corrected chi connectivity index (χ0v) is 42.1. The van der Waals surface area contributed by atoms with Crippen LogP contribution in [0.4, 0.5) is 0 Å². The van der Waals surface area contributed by atoms with Gasteiger partial charge in [-0.2, -0.15) is 0 Å². The van der Waals surface area contributed by atoms with Crippen molar-refractivity contribution in [3.8, 4) is 0 Å². The molecule has 0 aromatic carbocycles. The topological polar surface area (TPSA) is 78.9 Å². The lowest BCUT2D eigenvalue weighted by Gasteiger charge is -2.18. The summed E-state index contributed by atoms with van der Waals surface area (Å²) in [5.41, 5.74) is 0. The van der Waals surface area contributed by atoms with E-state index < -0.39 is 12.1 Å². The van der Waals surface area contributed by atoms with E-state index in [2.05, 4.69) is 142 Å². The van der Waals surface area contributed by atoms with Gasteiger partial charge < -0.3 is 14.2 Å². The van der Waals surface area contributed by atoms with E-state index in [0.29, 0.717) is 19.3 Å². The van der Waals surface area contributed by atoms with Gasteiger partial charge in [-0.3, -0.25) is 14.4 Å². The molecule has 0 bridgehead atoms. The molecule has 0 radical (unpaired) electrons. The summed E-state index contributed by atoms with van der Waals surface area (Å²) in [6.45, 7) is 6.27. The van der Waals surface area contributed by atoms with E-state index in [1.54, 1.807) is 0 Å². The number of unbranched alkanes of at least 4 members (excludes halogenated alkanes) is 14. The quantitative estimate of drug-likeness (QED) is 0.0199. The van der Waals surface area contributed by atoms with E-state index in [1.807, 2.05) is 12.2 Å². The normalized spacial score (nSPS) is 13.2. The Morgan fingerprint density at radius 2 is 0.682 bits per heavy atom. The summed E-state index contributed by atoms with van der Waals surface area (Å²) >= 11 is 0. The van der Waals surface area contributed by atoms with Crippen molar-refractivity contribution in [3.05, 3.63) is 134 Å². The van der Waals surface area contributed by atoms with Crippen LogP contribution in [-0.2, 0) is 28.6 Å². The second-order valence-electron chi connectivity index (χ2n) is 16.7. The van der Waals surface area contributed by atoms with Crippen LogP contribution in [0.2, 0.25) is 0 Å². The van der Waals surface area contributed by atoms with Crippen LogP contribution in [0.5, 0.6) is 0 Å². The summed E-state index contributed by atoms with van der Waals surface area (Å²) in [7, 11) is 0. The van der Waals surface area contributed by atoms with Crippen molar-refractivity contribution >= 4 is 17.9 Å². The third kappa shape index (κ3) is 50.5. The van der Waals surface area contributed by atoms with Crippen molar-refractivity contribution in [3.63, 3.8) is 0 Å². The molecular weight excluding hydrogens is 817 g/mol. The number of carbonyl (C=O) groups is 3. The van der Waals surface area contributed by atoms with Crippen molar-refractivity contribution in [2.45, 2.75) is 213 Å². The molecule has 6 nitrogen and oxygen atoms in total. The zero-order chi connectivity index (χ0) is 47.9. The number of hydrogen-bond acceptors (Lipinski definition) is 6. The minimum Gasteiger partial charge on any atom is -0.462 e. The number of hydrogen-bond donors (Lipinski definition) is 0. The van der Waals surface area contributed by atoms with Crippen LogP contribution >= 0.6 is 0 Å². The molecule has 66 heavy (non-hydrogen) atoms. The molecule has 1 unspecified atom stereocenters. The third-order valence-electron chi connectivity index (χ3n) is 10.4. The fourth-order valence-electron chi connectivity index (χ4n) is 6.56. The van der Waals surface area contributed by atoms with Crippen molar-refractivity contribution in [1.82, 2.24) is 0 Å². The molecule has 6 heteroatoms. The van der Waals surface area contributed by atoms with Crippen molar-refractivity contribution in [2.24, 2.45) is 0 Å². The molecule has 0 amide bonds. The Morgan fingerprint density at radius 1 is 0.333 bits per heavy atom. The maximum atomic E-state index is 12.8. The highest BCUT2D eigenvalue weighted by atomic mass is 16.6. The summed E-state index contributed by atoms with van der Waals surface area (Å²) in [5, 5.41) is 0. The molecule has 0 N–H and O–H groups in total. The summed E-state index contributed by atoms with van der Waals surface area (Å²) < 4.78 is 16.7. The first-order valence-electron chi connectivity index (χ1n) is 26.2. The second-order valence-corrected chi connectivity index (χ2v) is 16.7. The van der Waals surface area contributed by atoms with Gasteiger partial charge in [0.2, 0.25) is 0 Å². The van der Waals surface area contributed by atoms with Crippen LogP contribution < -0.4 is 0 Å². The highest BCUT2D eigenvalue weighted by molar-refractivity contribution is 5.71. The van der Waals surface area contributed by atoms with E-state index in [0.717, 1.165) is 128 Å². The Balaban J connectivity index is 4.59. The monoisotopic (exact) mass is 911 g/mol. The first kappa shape index (κ1) is 61.5. The second kappa shape index (κ2) is 53.2. The highest BCUT2D eigenvalue weighted by Crippen LogP contribution is 2.12. The molecule has 1 atom stereocenters. The first-order chi connectivity index (χ1) is 32.5. The Morgan fingerprint density at radius 3 is 1.11 bits per heavy atom. The van der Waals surface area contributed by atoms with Gasteiger partial charge in [0.1, 0.15) is 13.2 Å². The van der Waals surface area contributed by atoms with E-state index in [-0.39, 0.29) is 31.6 Å². The van der Waals surface area contributed by atoms with Crippen LogP contribution in [0, 0.1) is 0 Å². The van der Waals surface area contributed by atoms with Gasteiger partial charge in [-0.1, -0.05) is 212 Å². The lowest BCUT2D eigenvalue weighted by molar-refractivity contribution is -0.166. The van der Waals surface area contributed by atoms with Crippen molar-refractivity contribution < 1.29 is 28.6 Å². The molecule has 0 aromatic heterocycles. The van der Waals surface area contributed by atoms with Crippen LogP contribution in [0.1, 0.15) is 207 Å². The van der Waals surface area contributed by atoms with Gasteiger partial charge in [-0.15, -0.1) is 0 Å². The number of carbonyl (C=O) groups excluding carboxylic acids is 3. The smallest absolute Gasteiger partial charge is 0.306 e. The van der Waals surface area contributed by atoms with Crippen molar-refractivity contribution in [1.29, 1.82) is 0 Å². The molecule has 0 heterocycles. The summed E-state index contributed by atoms with van der Waals surface area (Å²) in [4.78, 5) is 38.0. The Labute approximate surface area is 405 Å². The predicted molar refractivity (Wildman–Crippen MR) is 283 cm³/mol. The number of ether oxygens (including phenoxy) is 3. The molecule has 0 saturated carbocycles. The highest BCUT2D eigenvalue weighted by Gasteiger charge is 2.19. The Bertz CT molecular complexity index is 1460. The van der Waals surface area contributed by atoms with Crippen LogP contribution in [-0.4, -0.2) is 37.2 Å². The van der Waals surface area contributed by atoms with E-state index in [4.69, 9.17) is 14.2 Å². The molecule has 0 aromatic rings. The number of esters is 3. The lowest BCUT2D eigenvalue weighted by atomic mass is 10.1. The first-order valence-corrected chi connectivity index (χ1v) is 26.2. The van der Waals surface area contributed by atoms with Crippen LogP contribution in [0.15, 0.2) is 134 Å². The Hall–Kier alpha value is -4.45. The van der Waals surface area contributed by atoms with Gasteiger partial charge in [-0.25, -0.2) is 0 Å². The number of rotatable bonds is 45. The van der Waals surface area contributed by atoms with Gasteiger partial charge >= 0.3 is 17.9 Å². The zero-order valence-electron chi connectivity index (χ0n) is 42.1. The van der Waals surface area contributed by atoms with Crippen LogP contribution in [0.3, 0.4) is 0 Å². The van der Waals surface area contributed by atoms with E-state index in [9.17, 15) is 14.4 Å². The fraction of sp³-hybridized carbons (Fsp3) is 0.583. The number of allylic oxidation sites excluding steroid dienone is 22. The predicted octanol–water partition coefficient (Wildman–Crippen LogP) is 17.5. The lowest BCUT2D eigenvalue weighted by Crippen LogP contribution is -2.30. The average molecular weight is 911 g/mol. The van der Waals surface area contributed by atoms with Gasteiger partial charge in [0, 0.05) is 19.3 Å². The SMILES string of the molecule is CC/C=C\C/C=C\C/C=C\C/C=C\C/C=C\CCC(=O)OC(COC(=O)CCCCCC/C=C\C/C=C\C/C=C\CC)COC(=O)CCCCCCC\C=C/C=C\C=C/CCCCCCC.